The number of nitrogens with zero attached hydrogens (tertiary/aromatic N) is 3. The molecule has 0 bridgehead atoms. The highest BCUT2D eigenvalue weighted by atomic mass is 19.1. The smallest absolute Gasteiger partial charge is 0.171 e. The van der Waals surface area contributed by atoms with Gasteiger partial charge in [0.15, 0.2) is 11.5 Å². The van der Waals surface area contributed by atoms with E-state index >= 15 is 0 Å². The molecule has 0 aliphatic heterocycles. The molecule has 3 rings (SSSR count). The molecule has 0 spiro atoms. The first-order chi connectivity index (χ1) is 7.86. The molecule has 2 heterocycles. The van der Waals surface area contributed by atoms with Gasteiger partial charge in [-0.1, -0.05) is 18.2 Å². The fraction of sp³-hybridized carbons (Fsp3) is 0. The lowest BCUT2D eigenvalue weighted by molar-refractivity contribution is 0.629. The molecular formula is C12H8FN3. The van der Waals surface area contributed by atoms with Crippen LogP contribution < -0.4 is 0 Å². The van der Waals surface area contributed by atoms with E-state index < -0.39 is 0 Å². The van der Waals surface area contributed by atoms with E-state index in [4.69, 9.17) is 0 Å². The van der Waals surface area contributed by atoms with Crippen molar-refractivity contribution in [3.63, 3.8) is 0 Å². The first-order valence-electron chi connectivity index (χ1n) is 4.91. The summed E-state index contributed by atoms with van der Waals surface area (Å²) in [7, 11) is 0. The summed E-state index contributed by atoms with van der Waals surface area (Å²) in [6, 6.07) is 12.1. The minimum absolute atomic E-state index is 0.291. The Morgan fingerprint density at radius 2 is 1.75 bits per heavy atom. The van der Waals surface area contributed by atoms with Crippen LogP contribution in [0.5, 0.6) is 0 Å². The third-order valence-corrected chi connectivity index (χ3v) is 2.43. The molecule has 0 aliphatic carbocycles. The Bertz CT molecular complexity index is 645. The third-order valence-electron chi connectivity index (χ3n) is 2.43. The number of halogens is 1. The van der Waals surface area contributed by atoms with Crippen molar-refractivity contribution in [1.29, 1.82) is 0 Å². The molecule has 0 atom stereocenters. The van der Waals surface area contributed by atoms with E-state index in [2.05, 4.69) is 10.2 Å². The topological polar surface area (TPSA) is 30.2 Å². The van der Waals surface area contributed by atoms with E-state index in [1.54, 1.807) is 22.6 Å². The van der Waals surface area contributed by atoms with E-state index in [9.17, 15) is 4.39 Å². The Balaban J connectivity index is 2.31. The highest BCUT2D eigenvalue weighted by Gasteiger charge is 2.10. The van der Waals surface area contributed by atoms with Crippen molar-refractivity contribution in [3.8, 4) is 11.4 Å². The summed E-state index contributed by atoms with van der Waals surface area (Å²) < 4.78 is 15.4. The number of hydrogen-bond donors (Lipinski definition) is 0. The Kier molecular flexibility index (Phi) is 1.93. The first kappa shape index (κ1) is 9.03. The summed E-state index contributed by atoms with van der Waals surface area (Å²) in [5.41, 5.74) is 1.17. The molecule has 0 saturated carbocycles. The summed E-state index contributed by atoms with van der Waals surface area (Å²) in [5.74, 6) is 0.231. The van der Waals surface area contributed by atoms with Crippen LogP contribution in [0.3, 0.4) is 0 Å². The average molecular weight is 213 g/mol. The highest BCUT2D eigenvalue weighted by molar-refractivity contribution is 5.59. The van der Waals surface area contributed by atoms with Crippen LogP contribution in [0.15, 0.2) is 48.7 Å². The summed E-state index contributed by atoms with van der Waals surface area (Å²) in [6.45, 7) is 0. The van der Waals surface area contributed by atoms with Crippen LogP contribution in [0.2, 0.25) is 0 Å². The third kappa shape index (κ3) is 1.27. The standard InChI is InChI=1S/C12H8FN3/c13-10-6-2-1-5-9(10)12-15-14-11-7-3-4-8-16(11)12/h1-8H. The quantitative estimate of drug-likeness (QED) is 0.621. The van der Waals surface area contributed by atoms with Crippen molar-refractivity contribution in [1.82, 2.24) is 14.6 Å². The molecule has 3 nitrogen and oxygen atoms in total. The van der Waals surface area contributed by atoms with Gasteiger partial charge in [-0.3, -0.25) is 4.40 Å². The zero-order chi connectivity index (χ0) is 11.0. The highest BCUT2D eigenvalue weighted by Crippen LogP contribution is 2.20. The number of pyridine rings is 1. The Hall–Kier alpha value is -2.23. The van der Waals surface area contributed by atoms with Gasteiger partial charge < -0.3 is 0 Å². The molecule has 3 aromatic rings. The summed E-state index contributed by atoms with van der Waals surface area (Å²) in [4.78, 5) is 0. The van der Waals surface area contributed by atoms with Crippen molar-refractivity contribution in [3.05, 3.63) is 54.5 Å². The van der Waals surface area contributed by atoms with Gasteiger partial charge in [-0.15, -0.1) is 10.2 Å². The maximum Gasteiger partial charge on any atom is 0.171 e. The monoisotopic (exact) mass is 213 g/mol. The fourth-order valence-electron chi connectivity index (χ4n) is 1.67. The first-order valence-corrected chi connectivity index (χ1v) is 4.91. The van der Waals surface area contributed by atoms with Crippen LogP contribution in [-0.4, -0.2) is 14.6 Å². The van der Waals surface area contributed by atoms with Crippen LogP contribution in [0.25, 0.3) is 17.0 Å². The van der Waals surface area contributed by atoms with Crippen LogP contribution in [-0.2, 0) is 0 Å². The lowest BCUT2D eigenvalue weighted by Gasteiger charge is -2.00. The number of benzene rings is 1. The molecule has 0 N–H and O–H groups in total. The molecule has 2 aromatic heterocycles. The van der Waals surface area contributed by atoms with E-state index in [1.165, 1.54) is 6.07 Å². The zero-order valence-electron chi connectivity index (χ0n) is 8.34. The second-order valence-corrected chi connectivity index (χ2v) is 3.43. The molecule has 0 unspecified atom stereocenters. The van der Waals surface area contributed by atoms with Crippen molar-refractivity contribution in [2.75, 3.05) is 0 Å². The van der Waals surface area contributed by atoms with Crippen molar-refractivity contribution >= 4 is 5.65 Å². The average Bonchev–Trinajstić information content (AvgIpc) is 2.74. The molecule has 0 fully saturated rings. The van der Waals surface area contributed by atoms with Gasteiger partial charge in [0.2, 0.25) is 0 Å². The molecule has 16 heavy (non-hydrogen) atoms. The van der Waals surface area contributed by atoms with Gasteiger partial charge in [0, 0.05) is 6.20 Å². The number of hydrogen-bond acceptors (Lipinski definition) is 2. The van der Waals surface area contributed by atoms with E-state index in [0.717, 1.165) is 0 Å². The minimum Gasteiger partial charge on any atom is -0.282 e. The second kappa shape index (κ2) is 3.41. The summed E-state index contributed by atoms with van der Waals surface area (Å²) in [5, 5.41) is 7.98. The molecule has 0 saturated heterocycles. The normalized spacial score (nSPS) is 10.8. The number of aromatic nitrogens is 3. The lowest BCUT2D eigenvalue weighted by atomic mass is 10.2. The van der Waals surface area contributed by atoms with Gasteiger partial charge in [-0.2, -0.15) is 0 Å². The van der Waals surface area contributed by atoms with E-state index in [1.807, 2.05) is 24.4 Å². The molecule has 0 amide bonds. The lowest BCUT2D eigenvalue weighted by Crippen LogP contribution is -1.91. The predicted octanol–water partition coefficient (Wildman–Crippen LogP) is 2.54. The van der Waals surface area contributed by atoms with E-state index in [-0.39, 0.29) is 5.82 Å². The van der Waals surface area contributed by atoms with Gasteiger partial charge in [0.1, 0.15) is 5.82 Å². The van der Waals surface area contributed by atoms with Crippen molar-refractivity contribution in [2.24, 2.45) is 0 Å². The van der Waals surface area contributed by atoms with Crippen molar-refractivity contribution < 1.29 is 4.39 Å². The molecule has 0 radical (unpaired) electrons. The van der Waals surface area contributed by atoms with Crippen LogP contribution in [0.1, 0.15) is 0 Å². The van der Waals surface area contributed by atoms with Crippen molar-refractivity contribution in [2.45, 2.75) is 0 Å². The minimum atomic E-state index is -0.291. The Labute approximate surface area is 91.2 Å². The molecule has 1 aromatic carbocycles. The van der Waals surface area contributed by atoms with Crippen LogP contribution in [0, 0.1) is 5.82 Å². The van der Waals surface area contributed by atoms with E-state index in [0.29, 0.717) is 17.0 Å². The van der Waals surface area contributed by atoms with Crippen LogP contribution >= 0.6 is 0 Å². The van der Waals surface area contributed by atoms with Gasteiger partial charge >= 0.3 is 0 Å². The molecule has 0 aliphatic rings. The van der Waals surface area contributed by atoms with Gasteiger partial charge in [-0.25, -0.2) is 4.39 Å². The fourth-order valence-corrected chi connectivity index (χ4v) is 1.67. The van der Waals surface area contributed by atoms with Gasteiger partial charge in [-0.05, 0) is 24.3 Å². The molecular weight excluding hydrogens is 205 g/mol. The SMILES string of the molecule is Fc1ccccc1-c1nnc2ccccn12. The van der Waals surface area contributed by atoms with Gasteiger partial charge in [0.25, 0.3) is 0 Å². The number of fused-ring (bicyclic) bond motifs is 1. The maximum atomic E-state index is 13.6. The van der Waals surface area contributed by atoms with Crippen LogP contribution in [0.4, 0.5) is 4.39 Å². The zero-order valence-corrected chi connectivity index (χ0v) is 8.34. The maximum absolute atomic E-state index is 13.6. The summed E-state index contributed by atoms with van der Waals surface area (Å²) in [6.07, 6.45) is 1.82. The Morgan fingerprint density at radius 1 is 0.938 bits per heavy atom. The molecule has 78 valence electrons. The number of rotatable bonds is 1. The largest absolute Gasteiger partial charge is 0.282 e. The Morgan fingerprint density at radius 3 is 2.62 bits per heavy atom. The van der Waals surface area contributed by atoms with Gasteiger partial charge in [0.05, 0.1) is 5.56 Å². The summed E-state index contributed by atoms with van der Waals surface area (Å²) >= 11 is 0. The molecule has 4 heteroatoms. The predicted molar refractivity (Wildman–Crippen MR) is 58.4 cm³/mol. The second-order valence-electron chi connectivity index (χ2n) is 3.43.